The summed E-state index contributed by atoms with van der Waals surface area (Å²) >= 11 is 5.71. The number of hydrogen-bond donors (Lipinski definition) is 1. The Kier molecular flexibility index (Phi) is 6.88. The molecule has 1 N–H and O–H groups in total. The standard InChI is InChI=1S/C16H24BrNOS/c1-3-8-18-12(2)15-5-4-14(11-16(15)17)20-13-6-9-19-10-7-13/h4-5,11-13,18H,3,6-10H2,1-2H3. The fourth-order valence-electron chi connectivity index (χ4n) is 2.39. The van der Waals surface area contributed by atoms with Gasteiger partial charge in [-0.05, 0) is 50.4 Å². The van der Waals surface area contributed by atoms with Gasteiger partial charge < -0.3 is 10.1 Å². The lowest BCUT2D eigenvalue weighted by molar-refractivity contribution is 0.100. The van der Waals surface area contributed by atoms with Crippen molar-refractivity contribution < 1.29 is 4.74 Å². The Morgan fingerprint density at radius 2 is 2.15 bits per heavy atom. The average Bonchev–Trinajstić information content (AvgIpc) is 2.46. The van der Waals surface area contributed by atoms with Crippen molar-refractivity contribution in [3.05, 3.63) is 28.2 Å². The third-order valence-corrected chi connectivity index (χ3v) is 5.63. The molecule has 1 aliphatic rings. The molecular formula is C16H24BrNOS. The summed E-state index contributed by atoms with van der Waals surface area (Å²) in [5.74, 6) is 0. The smallest absolute Gasteiger partial charge is 0.0476 e. The van der Waals surface area contributed by atoms with Crippen LogP contribution < -0.4 is 5.32 Å². The number of nitrogens with one attached hydrogen (secondary N) is 1. The fraction of sp³-hybridized carbons (Fsp3) is 0.625. The molecule has 4 heteroatoms. The van der Waals surface area contributed by atoms with Crippen LogP contribution in [0.2, 0.25) is 0 Å². The van der Waals surface area contributed by atoms with Crippen molar-refractivity contribution in [3.8, 4) is 0 Å². The van der Waals surface area contributed by atoms with Crippen molar-refractivity contribution in [2.24, 2.45) is 0 Å². The third-order valence-electron chi connectivity index (χ3n) is 3.61. The summed E-state index contributed by atoms with van der Waals surface area (Å²) in [6, 6.07) is 7.16. The molecule has 2 nitrogen and oxygen atoms in total. The lowest BCUT2D eigenvalue weighted by Gasteiger charge is -2.22. The van der Waals surface area contributed by atoms with E-state index in [1.165, 1.54) is 34.2 Å². The molecule has 0 bridgehead atoms. The molecule has 1 aliphatic heterocycles. The van der Waals surface area contributed by atoms with Crippen molar-refractivity contribution in [2.45, 2.75) is 49.3 Å². The second-order valence-electron chi connectivity index (χ2n) is 5.29. The molecule has 2 rings (SSSR count). The number of benzene rings is 1. The van der Waals surface area contributed by atoms with E-state index < -0.39 is 0 Å². The van der Waals surface area contributed by atoms with Gasteiger partial charge in [0.25, 0.3) is 0 Å². The van der Waals surface area contributed by atoms with Crippen LogP contribution in [-0.2, 0) is 4.74 Å². The van der Waals surface area contributed by atoms with Crippen LogP contribution in [0.25, 0.3) is 0 Å². The first-order chi connectivity index (χ1) is 9.70. The maximum atomic E-state index is 5.42. The number of halogens is 1. The Balaban J connectivity index is 1.97. The van der Waals surface area contributed by atoms with E-state index in [1.54, 1.807) is 0 Å². The Labute approximate surface area is 135 Å². The van der Waals surface area contributed by atoms with Gasteiger partial charge >= 0.3 is 0 Å². The van der Waals surface area contributed by atoms with E-state index in [9.17, 15) is 0 Å². The molecule has 1 aromatic carbocycles. The maximum absolute atomic E-state index is 5.42. The highest BCUT2D eigenvalue weighted by Gasteiger charge is 2.16. The molecule has 0 radical (unpaired) electrons. The SMILES string of the molecule is CCCNC(C)c1ccc(SC2CCOCC2)cc1Br. The first kappa shape index (κ1) is 16.3. The van der Waals surface area contributed by atoms with Crippen molar-refractivity contribution in [2.75, 3.05) is 19.8 Å². The van der Waals surface area contributed by atoms with Gasteiger partial charge in [0.1, 0.15) is 0 Å². The predicted octanol–water partition coefficient (Wildman–Crippen LogP) is 4.78. The van der Waals surface area contributed by atoms with E-state index >= 15 is 0 Å². The third kappa shape index (κ3) is 4.76. The molecule has 1 atom stereocenters. The van der Waals surface area contributed by atoms with Crippen molar-refractivity contribution in [1.82, 2.24) is 5.32 Å². The van der Waals surface area contributed by atoms with Gasteiger partial charge in [0.2, 0.25) is 0 Å². The summed E-state index contributed by atoms with van der Waals surface area (Å²) in [4.78, 5) is 1.36. The van der Waals surface area contributed by atoms with E-state index in [2.05, 4.69) is 53.3 Å². The van der Waals surface area contributed by atoms with Gasteiger partial charge in [-0.2, -0.15) is 0 Å². The van der Waals surface area contributed by atoms with Crippen LogP contribution in [0.5, 0.6) is 0 Å². The van der Waals surface area contributed by atoms with Gasteiger partial charge in [-0.25, -0.2) is 0 Å². The summed E-state index contributed by atoms with van der Waals surface area (Å²) in [6.45, 7) is 7.30. The first-order valence-electron chi connectivity index (χ1n) is 7.48. The lowest BCUT2D eigenvalue weighted by atomic mass is 10.1. The van der Waals surface area contributed by atoms with Gasteiger partial charge in [-0.3, -0.25) is 0 Å². The number of thioether (sulfide) groups is 1. The number of rotatable bonds is 6. The summed E-state index contributed by atoms with van der Waals surface area (Å²) in [7, 11) is 0. The minimum Gasteiger partial charge on any atom is -0.381 e. The predicted molar refractivity (Wildman–Crippen MR) is 90.5 cm³/mol. The summed E-state index contributed by atoms with van der Waals surface area (Å²) in [6.07, 6.45) is 3.50. The van der Waals surface area contributed by atoms with Crippen molar-refractivity contribution in [3.63, 3.8) is 0 Å². The van der Waals surface area contributed by atoms with Crippen LogP contribution in [0.1, 0.15) is 44.7 Å². The highest BCUT2D eigenvalue weighted by Crippen LogP contribution is 2.33. The first-order valence-corrected chi connectivity index (χ1v) is 9.15. The van der Waals surface area contributed by atoms with E-state index in [0.29, 0.717) is 11.3 Å². The van der Waals surface area contributed by atoms with Crippen LogP contribution >= 0.6 is 27.7 Å². The zero-order valence-corrected chi connectivity index (χ0v) is 14.7. The number of ether oxygens (including phenoxy) is 1. The molecule has 1 aromatic rings. The normalized spacial score (nSPS) is 18.1. The zero-order chi connectivity index (χ0) is 14.4. The molecule has 0 spiro atoms. The van der Waals surface area contributed by atoms with Crippen molar-refractivity contribution in [1.29, 1.82) is 0 Å². The molecular weight excluding hydrogens is 334 g/mol. The Morgan fingerprint density at radius 3 is 2.80 bits per heavy atom. The highest BCUT2D eigenvalue weighted by atomic mass is 79.9. The maximum Gasteiger partial charge on any atom is 0.0476 e. The van der Waals surface area contributed by atoms with Gasteiger partial charge in [-0.1, -0.05) is 28.9 Å². The Morgan fingerprint density at radius 1 is 1.40 bits per heavy atom. The summed E-state index contributed by atoms with van der Waals surface area (Å²) in [5, 5.41) is 4.24. The highest BCUT2D eigenvalue weighted by molar-refractivity contribution is 9.10. The van der Waals surface area contributed by atoms with Crippen LogP contribution in [0.15, 0.2) is 27.6 Å². The lowest BCUT2D eigenvalue weighted by Crippen LogP contribution is -2.19. The molecule has 1 fully saturated rings. The van der Waals surface area contributed by atoms with Gasteiger partial charge in [0.05, 0.1) is 0 Å². The monoisotopic (exact) mass is 357 g/mol. The van der Waals surface area contributed by atoms with Crippen LogP contribution in [-0.4, -0.2) is 25.0 Å². The largest absolute Gasteiger partial charge is 0.381 e. The second kappa shape index (κ2) is 8.42. The molecule has 0 saturated carbocycles. The molecule has 0 amide bonds. The summed E-state index contributed by atoms with van der Waals surface area (Å²) in [5.41, 5.74) is 1.34. The fourth-order valence-corrected chi connectivity index (χ4v) is 4.41. The topological polar surface area (TPSA) is 21.3 Å². The van der Waals surface area contributed by atoms with Gasteiger partial charge in [0, 0.05) is 33.9 Å². The van der Waals surface area contributed by atoms with E-state index in [1.807, 2.05) is 11.8 Å². The van der Waals surface area contributed by atoms with E-state index in [4.69, 9.17) is 4.74 Å². The van der Waals surface area contributed by atoms with E-state index in [0.717, 1.165) is 19.8 Å². The minimum absolute atomic E-state index is 0.395. The van der Waals surface area contributed by atoms with Crippen LogP contribution in [0.4, 0.5) is 0 Å². The van der Waals surface area contributed by atoms with Gasteiger partial charge in [-0.15, -0.1) is 11.8 Å². The molecule has 0 aliphatic carbocycles. The van der Waals surface area contributed by atoms with Crippen molar-refractivity contribution >= 4 is 27.7 Å². The van der Waals surface area contributed by atoms with Gasteiger partial charge in [0.15, 0.2) is 0 Å². The molecule has 1 unspecified atom stereocenters. The molecule has 112 valence electrons. The average molecular weight is 358 g/mol. The van der Waals surface area contributed by atoms with Crippen LogP contribution in [0.3, 0.4) is 0 Å². The zero-order valence-electron chi connectivity index (χ0n) is 12.3. The van der Waals surface area contributed by atoms with Crippen LogP contribution in [0, 0.1) is 0 Å². The summed E-state index contributed by atoms with van der Waals surface area (Å²) < 4.78 is 6.63. The Bertz CT molecular complexity index is 421. The quantitative estimate of drug-likeness (QED) is 0.791. The van der Waals surface area contributed by atoms with E-state index in [-0.39, 0.29) is 0 Å². The molecule has 20 heavy (non-hydrogen) atoms. The molecule has 0 aromatic heterocycles. The molecule has 1 saturated heterocycles. The minimum atomic E-state index is 0.395. The second-order valence-corrected chi connectivity index (χ2v) is 7.52. The Hall–Kier alpha value is -0.0300. The number of hydrogen-bond acceptors (Lipinski definition) is 3. The molecule has 1 heterocycles.